The number of anilines is 1. The fourth-order valence-electron chi connectivity index (χ4n) is 0.725. The van der Waals surface area contributed by atoms with Crippen LogP contribution in [-0.4, -0.2) is 42.3 Å². The molecule has 1 aromatic rings. The van der Waals surface area contributed by atoms with E-state index in [1.807, 2.05) is 0 Å². The predicted molar refractivity (Wildman–Crippen MR) is 54.6 cm³/mol. The molecule has 0 spiro atoms. The normalized spacial score (nSPS) is 9.85. The van der Waals surface area contributed by atoms with Crippen molar-refractivity contribution in [2.24, 2.45) is 0 Å². The number of hydrogen-bond acceptors (Lipinski definition) is 5. The predicted octanol–water partition coefficient (Wildman–Crippen LogP) is 0.945. The second kappa shape index (κ2) is 3.93. The molecule has 0 aliphatic heterocycles. The van der Waals surface area contributed by atoms with Crippen molar-refractivity contribution in [3.63, 3.8) is 0 Å². The Morgan fingerprint density at radius 2 is 2.00 bits per heavy atom. The molecule has 1 rings (SSSR count). The van der Waals surface area contributed by atoms with Gasteiger partial charge >= 0.3 is 6.03 Å². The largest absolute Gasteiger partial charge is 0.330 e. The second-order valence-electron chi connectivity index (χ2n) is 2.60. The summed E-state index contributed by atoms with van der Waals surface area (Å²) in [5.74, 6) is 0. The zero-order chi connectivity index (χ0) is 10.0. The van der Waals surface area contributed by atoms with Crippen LogP contribution in [0.15, 0.2) is 4.34 Å². The quantitative estimate of drug-likeness (QED) is 0.564. The maximum absolute atomic E-state index is 11.4. The average Bonchev–Trinajstić information content (AvgIpc) is 2.49. The molecule has 2 amide bonds. The molecule has 0 bridgehead atoms. The van der Waals surface area contributed by atoms with Gasteiger partial charge in [-0.1, -0.05) is 11.3 Å². The average molecular weight is 218 g/mol. The maximum Gasteiger partial charge on any atom is 0.325 e. The first-order chi connectivity index (χ1) is 6.02. The number of amides is 2. The summed E-state index contributed by atoms with van der Waals surface area (Å²) in [5.41, 5.74) is 0. The molecule has 0 radical (unpaired) electrons. The van der Waals surface area contributed by atoms with Gasteiger partial charge in [0.1, 0.15) is 0 Å². The van der Waals surface area contributed by atoms with Crippen molar-refractivity contribution in [2.75, 3.05) is 26.0 Å². The molecule has 0 atom stereocenters. The van der Waals surface area contributed by atoms with Crippen molar-refractivity contribution in [2.45, 2.75) is 4.34 Å². The lowest BCUT2D eigenvalue weighted by Gasteiger charge is -2.18. The van der Waals surface area contributed by atoms with Gasteiger partial charge in [0, 0.05) is 21.1 Å². The minimum absolute atomic E-state index is 0.135. The number of aromatic nitrogens is 2. The summed E-state index contributed by atoms with van der Waals surface area (Å²) >= 11 is 5.28. The lowest BCUT2D eigenvalue weighted by atomic mass is 10.7. The van der Waals surface area contributed by atoms with Crippen LogP contribution >= 0.6 is 24.0 Å². The molecular formula is C6H10N4OS2. The Kier molecular flexibility index (Phi) is 3.10. The van der Waals surface area contributed by atoms with E-state index in [4.69, 9.17) is 0 Å². The van der Waals surface area contributed by atoms with Crippen LogP contribution in [0.4, 0.5) is 9.93 Å². The van der Waals surface area contributed by atoms with E-state index in [-0.39, 0.29) is 6.03 Å². The molecule has 0 N–H and O–H groups in total. The van der Waals surface area contributed by atoms with E-state index in [0.717, 1.165) is 0 Å². The number of urea groups is 1. The van der Waals surface area contributed by atoms with Gasteiger partial charge in [0.15, 0.2) is 4.34 Å². The molecular weight excluding hydrogens is 208 g/mol. The van der Waals surface area contributed by atoms with E-state index in [1.54, 1.807) is 21.1 Å². The molecule has 0 saturated heterocycles. The number of thiol groups is 1. The molecule has 13 heavy (non-hydrogen) atoms. The van der Waals surface area contributed by atoms with Gasteiger partial charge in [-0.25, -0.2) is 4.79 Å². The van der Waals surface area contributed by atoms with Crippen LogP contribution in [0.5, 0.6) is 0 Å². The van der Waals surface area contributed by atoms with Crippen LogP contribution < -0.4 is 4.90 Å². The first kappa shape index (κ1) is 10.3. The van der Waals surface area contributed by atoms with E-state index in [9.17, 15) is 4.79 Å². The third-order valence-electron chi connectivity index (χ3n) is 1.36. The van der Waals surface area contributed by atoms with Gasteiger partial charge in [-0.15, -0.1) is 22.8 Å². The van der Waals surface area contributed by atoms with Crippen molar-refractivity contribution in [1.82, 2.24) is 15.1 Å². The highest BCUT2D eigenvalue weighted by Gasteiger charge is 2.15. The fourth-order valence-corrected chi connectivity index (χ4v) is 1.56. The summed E-state index contributed by atoms with van der Waals surface area (Å²) in [5, 5.41) is 8.03. The molecule has 7 heteroatoms. The molecule has 0 aliphatic carbocycles. The minimum atomic E-state index is -0.135. The van der Waals surface area contributed by atoms with Gasteiger partial charge in [0.05, 0.1) is 0 Å². The summed E-state index contributed by atoms with van der Waals surface area (Å²) in [7, 11) is 5.01. The lowest BCUT2D eigenvalue weighted by molar-refractivity contribution is 0.225. The summed E-state index contributed by atoms with van der Waals surface area (Å²) < 4.78 is 0.549. The first-order valence-corrected chi connectivity index (χ1v) is 4.76. The Labute approximate surface area is 85.8 Å². The number of carbonyl (C=O) groups is 1. The molecule has 5 nitrogen and oxygen atoms in total. The highest BCUT2D eigenvalue weighted by Crippen LogP contribution is 2.21. The fraction of sp³-hybridized carbons (Fsp3) is 0.500. The van der Waals surface area contributed by atoms with Gasteiger partial charge in [0.25, 0.3) is 0 Å². The van der Waals surface area contributed by atoms with Crippen LogP contribution in [-0.2, 0) is 0 Å². The van der Waals surface area contributed by atoms with Crippen molar-refractivity contribution >= 4 is 35.1 Å². The van der Waals surface area contributed by atoms with Crippen LogP contribution in [0, 0.1) is 0 Å². The van der Waals surface area contributed by atoms with E-state index < -0.39 is 0 Å². The number of carbonyl (C=O) groups excluding carboxylic acids is 1. The summed E-state index contributed by atoms with van der Waals surface area (Å²) in [6.07, 6.45) is 0. The van der Waals surface area contributed by atoms with Gasteiger partial charge in [-0.3, -0.25) is 4.90 Å². The molecule has 72 valence electrons. The second-order valence-corrected chi connectivity index (χ2v) is 4.29. The van der Waals surface area contributed by atoms with Crippen LogP contribution in [0.2, 0.25) is 0 Å². The third kappa shape index (κ3) is 2.31. The summed E-state index contributed by atoms with van der Waals surface area (Å²) in [4.78, 5) is 14.3. The number of rotatable bonds is 1. The number of nitrogens with zero attached hydrogens (tertiary/aromatic N) is 4. The van der Waals surface area contributed by atoms with Crippen molar-refractivity contribution in [1.29, 1.82) is 0 Å². The molecule has 0 aromatic carbocycles. The SMILES string of the molecule is CN(C)C(=O)N(C)c1nnc(S)s1. The van der Waals surface area contributed by atoms with E-state index in [0.29, 0.717) is 9.47 Å². The highest BCUT2D eigenvalue weighted by molar-refractivity contribution is 7.82. The summed E-state index contributed by atoms with van der Waals surface area (Å²) in [6.45, 7) is 0. The Hall–Kier alpha value is -0.820. The highest BCUT2D eigenvalue weighted by atomic mass is 32.2. The third-order valence-corrected chi connectivity index (χ3v) is 2.53. The van der Waals surface area contributed by atoms with E-state index in [1.165, 1.54) is 21.1 Å². The molecule has 1 heterocycles. The van der Waals surface area contributed by atoms with E-state index >= 15 is 0 Å². The molecule has 0 fully saturated rings. The van der Waals surface area contributed by atoms with Crippen LogP contribution in [0.1, 0.15) is 0 Å². The van der Waals surface area contributed by atoms with Gasteiger partial charge in [0.2, 0.25) is 5.13 Å². The summed E-state index contributed by atoms with van der Waals surface area (Å²) in [6, 6.07) is -0.135. The standard InChI is InChI=1S/C6H10N4OS2/c1-9(2)6(11)10(3)4-7-8-5(12)13-4/h1-3H3,(H,8,12). The maximum atomic E-state index is 11.4. The number of hydrogen-bond donors (Lipinski definition) is 1. The van der Waals surface area contributed by atoms with Crippen molar-refractivity contribution < 1.29 is 4.79 Å². The van der Waals surface area contributed by atoms with Crippen molar-refractivity contribution in [3.8, 4) is 0 Å². The zero-order valence-electron chi connectivity index (χ0n) is 7.55. The van der Waals surface area contributed by atoms with Gasteiger partial charge in [-0.05, 0) is 0 Å². The van der Waals surface area contributed by atoms with Crippen LogP contribution in [0.25, 0.3) is 0 Å². The Morgan fingerprint density at radius 3 is 2.38 bits per heavy atom. The topological polar surface area (TPSA) is 49.3 Å². The monoisotopic (exact) mass is 218 g/mol. The van der Waals surface area contributed by atoms with Gasteiger partial charge < -0.3 is 4.90 Å². The van der Waals surface area contributed by atoms with E-state index in [2.05, 4.69) is 22.8 Å². The molecule has 0 aliphatic rings. The minimum Gasteiger partial charge on any atom is -0.330 e. The zero-order valence-corrected chi connectivity index (χ0v) is 9.26. The Balaban J connectivity index is 2.79. The molecule has 1 aromatic heterocycles. The molecule has 0 saturated carbocycles. The lowest BCUT2D eigenvalue weighted by Crippen LogP contribution is -2.36. The van der Waals surface area contributed by atoms with Gasteiger partial charge in [-0.2, -0.15) is 0 Å². The molecule has 0 unspecified atom stereocenters. The van der Waals surface area contributed by atoms with Crippen molar-refractivity contribution in [3.05, 3.63) is 0 Å². The smallest absolute Gasteiger partial charge is 0.325 e. The Morgan fingerprint density at radius 1 is 1.38 bits per heavy atom. The Bertz CT molecular complexity index is 311. The van der Waals surface area contributed by atoms with Crippen LogP contribution in [0.3, 0.4) is 0 Å². The first-order valence-electron chi connectivity index (χ1n) is 3.50.